The number of thiophene rings is 3. The number of aliphatic imine (C=N–C) groups is 1. The lowest BCUT2D eigenvalue weighted by atomic mass is 10.1. The molecule has 0 spiro atoms. The van der Waals surface area contributed by atoms with Gasteiger partial charge in [-0.15, -0.1) is 22.7 Å². The van der Waals surface area contributed by atoms with Crippen molar-refractivity contribution in [2.75, 3.05) is 18.9 Å². The summed E-state index contributed by atoms with van der Waals surface area (Å²) in [6, 6.07) is 8.04. The van der Waals surface area contributed by atoms with Crippen LogP contribution in [0.2, 0.25) is 0 Å². The van der Waals surface area contributed by atoms with E-state index in [0.717, 1.165) is 21.1 Å². The molecule has 0 atom stereocenters. The maximum atomic E-state index is 12.4. The van der Waals surface area contributed by atoms with Crippen LogP contribution in [0.1, 0.15) is 39.4 Å². The van der Waals surface area contributed by atoms with Gasteiger partial charge >= 0.3 is 11.9 Å². The number of carbonyl (C=O) groups is 2. The predicted octanol–water partition coefficient (Wildman–Crippen LogP) is 5.22. The van der Waals surface area contributed by atoms with Crippen LogP contribution in [0, 0.1) is 0 Å². The molecular weight excluding hydrogens is 416 g/mol. The number of carbonyl (C=O) groups excluding carboxylic acids is 2. The Morgan fingerprint density at radius 3 is 2.39 bits per heavy atom. The highest BCUT2D eigenvalue weighted by atomic mass is 32.1. The molecule has 0 amide bonds. The summed E-state index contributed by atoms with van der Waals surface area (Å²) < 4.78 is 10.1. The Bertz CT molecular complexity index is 1000. The summed E-state index contributed by atoms with van der Waals surface area (Å²) in [6.45, 7) is 3.73. The van der Waals surface area contributed by atoms with Gasteiger partial charge in [-0.3, -0.25) is 0 Å². The minimum Gasteiger partial charge on any atom is -0.462 e. The van der Waals surface area contributed by atoms with Gasteiger partial charge in [-0.25, -0.2) is 14.6 Å². The molecular formula is C19H18N2O4S3. The first-order chi connectivity index (χ1) is 13.5. The van der Waals surface area contributed by atoms with Gasteiger partial charge in [-0.2, -0.15) is 0 Å². The molecule has 0 saturated heterocycles. The molecule has 28 heavy (non-hydrogen) atoms. The SMILES string of the molecule is CCOC(=O)c1c(N)sc(/N=C/c2ccc(-c3cccs3)s2)c1C(=O)OCC. The Hall–Kier alpha value is -2.49. The summed E-state index contributed by atoms with van der Waals surface area (Å²) in [5.41, 5.74) is 6.05. The van der Waals surface area contributed by atoms with E-state index in [4.69, 9.17) is 15.2 Å². The van der Waals surface area contributed by atoms with Gasteiger partial charge in [0.25, 0.3) is 0 Å². The summed E-state index contributed by atoms with van der Waals surface area (Å²) in [5, 5.41) is 2.53. The number of nitrogen functional groups attached to an aromatic ring is 1. The van der Waals surface area contributed by atoms with Gasteiger partial charge in [-0.05, 0) is 37.4 Å². The average Bonchev–Trinajstić information content (AvgIpc) is 3.39. The Kier molecular flexibility index (Phi) is 6.61. The van der Waals surface area contributed by atoms with E-state index in [-0.39, 0.29) is 29.3 Å². The summed E-state index contributed by atoms with van der Waals surface area (Å²) in [7, 11) is 0. The van der Waals surface area contributed by atoms with Gasteiger partial charge in [0.1, 0.15) is 21.1 Å². The van der Waals surface area contributed by atoms with Crippen molar-refractivity contribution < 1.29 is 19.1 Å². The highest BCUT2D eigenvalue weighted by molar-refractivity contribution is 7.22. The molecule has 3 heterocycles. The summed E-state index contributed by atoms with van der Waals surface area (Å²) in [6.07, 6.45) is 1.66. The van der Waals surface area contributed by atoms with E-state index in [0.29, 0.717) is 5.00 Å². The maximum absolute atomic E-state index is 12.4. The second-order valence-electron chi connectivity index (χ2n) is 5.40. The maximum Gasteiger partial charge on any atom is 0.342 e. The number of anilines is 1. The molecule has 0 aliphatic rings. The molecule has 0 fully saturated rings. The molecule has 0 unspecified atom stereocenters. The van der Waals surface area contributed by atoms with Crippen molar-refractivity contribution >= 4 is 62.2 Å². The number of hydrogen-bond donors (Lipinski definition) is 1. The molecule has 6 nitrogen and oxygen atoms in total. The van der Waals surface area contributed by atoms with Gasteiger partial charge in [-0.1, -0.05) is 17.4 Å². The number of ether oxygens (including phenoxy) is 2. The molecule has 9 heteroatoms. The van der Waals surface area contributed by atoms with Crippen LogP contribution in [-0.2, 0) is 9.47 Å². The van der Waals surface area contributed by atoms with Crippen molar-refractivity contribution in [3.05, 3.63) is 45.6 Å². The Balaban J connectivity index is 1.94. The quantitative estimate of drug-likeness (QED) is 0.406. The second kappa shape index (κ2) is 9.13. The number of esters is 2. The zero-order valence-corrected chi connectivity index (χ0v) is 17.7. The normalized spacial score (nSPS) is 11.1. The zero-order valence-electron chi connectivity index (χ0n) is 15.3. The van der Waals surface area contributed by atoms with Crippen LogP contribution in [0.25, 0.3) is 9.75 Å². The fourth-order valence-corrected chi connectivity index (χ4v) is 5.02. The molecule has 146 valence electrons. The minimum atomic E-state index is -0.656. The minimum absolute atomic E-state index is 0.0166. The monoisotopic (exact) mass is 434 g/mol. The van der Waals surface area contributed by atoms with Crippen LogP contribution in [0.3, 0.4) is 0 Å². The lowest BCUT2D eigenvalue weighted by Crippen LogP contribution is -2.13. The van der Waals surface area contributed by atoms with Crippen LogP contribution in [0.4, 0.5) is 10.0 Å². The molecule has 2 N–H and O–H groups in total. The Morgan fingerprint density at radius 2 is 1.75 bits per heavy atom. The molecule has 0 radical (unpaired) electrons. The number of nitrogens with zero attached hydrogens (tertiary/aromatic N) is 1. The van der Waals surface area contributed by atoms with Crippen LogP contribution in [0.5, 0.6) is 0 Å². The first-order valence-electron chi connectivity index (χ1n) is 8.49. The third kappa shape index (κ3) is 4.32. The van der Waals surface area contributed by atoms with Crippen molar-refractivity contribution in [3.63, 3.8) is 0 Å². The van der Waals surface area contributed by atoms with E-state index in [1.807, 2.05) is 23.6 Å². The largest absolute Gasteiger partial charge is 0.462 e. The lowest BCUT2D eigenvalue weighted by molar-refractivity contribution is 0.0481. The van der Waals surface area contributed by atoms with Gasteiger partial charge in [0.2, 0.25) is 0 Å². The van der Waals surface area contributed by atoms with E-state index >= 15 is 0 Å². The molecule has 0 saturated carbocycles. The fourth-order valence-electron chi connectivity index (χ4n) is 2.42. The lowest BCUT2D eigenvalue weighted by Gasteiger charge is -2.05. The van der Waals surface area contributed by atoms with E-state index in [9.17, 15) is 9.59 Å². The van der Waals surface area contributed by atoms with Crippen LogP contribution in [0.15, 0.2) is 34.6 Å². The van der Waals surface area contributed by atoms with Crippen molar-refractivity contribution in [1.82, 2.24) is 0 Å². The van der Waals surface area contributed by atoms with Crippen LogP contribution >= 0.6 is 34.0 Å². The first-order valence-corrected chi connectivity index (χ1v) is 11.0. The third-order valence-electron chi connectivity index (χ3n) is 3.58. The number of rotatable bonds is 7. The third-order valence-corrected chi connectivity index (χ3v) is 6.59. The predicted molar refractivity (Wildman–Crippen MR) is 116 cm³/mol. The topological polar surface area (TPSA) is 91.0 Å². The Labute approximate surface area is 174 Å². The first kappa shape index (κ1) is 20.2. The molecule has 3 aromatic heterocycles. The second-order valence-corrected chi connectivity index (χ2v) is 8.49. The van der Waals surface area contributed by atoms with Crippen LogP contribution < -0.4 is 5.73 Å². The smallest absolute Gasteiger partial charge is 0.342 e. The van der Waals surface area contributed by atoms with E-state index in [2.05, 4.69) is 11.1 Å². The fraction of sp³-hybridized carbons (Fsp3) is 0.211. The molecule has 0 aliphatic carbocycles. The van der Waals surface area contributed by atoms with Crippen molar-refractivity contribution in [2.45, 2.75) is 13.8 Å². The standard InChI is InChI=1S/C19H18N2O4S3/c1-3-24-18(22)14-15(19(23)25-4-2)17(28-16(14)20)21-10-11-7-8-13(27-11)12-6-5-9-26-12/h5-10H,3-4,20H2,1-2H3/b21-10+. The highest BCUT2D eigenvalue weighted by Crippen LogP contribution is 2.39. The molecule has 3 aromatic rings. The van der Waals surface area contributed by atoms with E-state index < -0.39 is 11.9 Å². The van der Waals surface area contributed by atoms with Gasteiger partial charge < -0.3 is 15.2 Å². The summed E-state index contributed by atoms with van der Waals surface area (Å²) in [5.74, 6) is -1.30. The molecule has 3 rings (SSSR count). The number of hydrogen-bond acceptors (Lipinski definition) is 9. The van der Waals surface area contributed by atoms with Crippen molar-refractivity contribution in [2.24, 2.45) is 4.99 Å². The van der Waals surface area contributed by atoms with Crippen molar-refractivity contribution in [3.8, 4) is 9.75 Å². The Morgan fingerprint density at radius 1 is 1.04 bits per heavy atom. The summed E-state index contributed by atoms with van der Waals surface area (Å²) >= 11 is 4.31. The van der Waals surface area contributed by atoms with Gasteiger partial charge in [0.05, 0.1) is 13.2 Å². The average molecular weight is 435 g/mol. The highest BCUT2D eigenvalue weighted by Gasteiger charge is 2.29. The summed E-state index contributed by atoms with van der Waals surface area (Å²) in [4.78, 5) is 32.4. The van der Waals surface area contributed by atoms with Gasteiger partial charge in [0.15, 0.2) is 0 Å². The van der Waals surface area contributed by atoms with Crippen LogP contribution in [-0.4, -0.2) is 31.4 Å². The zero-order chi connectivity index (χ0) is 20.1. The van der Waals surface area contributed by atoms with Gasteiger partial charge in [0, 0.05) is 20.8 Å². The van der Waals surface area contributed by atoms with E-state index in [1.165, 1.54) is 4.88 Å². The van der Waals surface area contributed by atoms with E-state index in [1.54, 1.807) is 42.7 Å². The molecule has 0 aliphatic heterocycles. The molecule has 0 bridgehead atoms. The molecule has 0 aromatic carbocycles. The van der Waals surface area contributed by atoms with Crippen molar-refractivity contribution in [1.29, 1.82) is 0 Å². The number of nitrogens with two attached hydrogens (primary N) is 1.